The fourth-order valence-electron chi connectivity index (χ4n) is 1.99. The van der Waals surface area contributed by atoms with Crippen LogP contribution in [0.3, 0.4) is 0 Å². The standard InChI is InChI=1S/C11H16N2O4/c1-2-8-10(14)12-3-4-13(8)11(15)9-7-16-5-6-17-9/h7-8H,2-6H2,1H3,(H,12,14). The molecule has 2 aliphatic heterocycles. The number of piperazine rings is 1. The number of carbonyl (C=O) groups excluding carboxylic acids is 2. The van der Waals surface area contributed by atoms with Gasteiger partial charge in [0.25, 0.3) is 5.91 Å². The van der Waals surface area contributed by atoms with Gasteiger partial charge in [0.15, 0.2) is 0 Å². The first-order chi connectivity index (χ1) is 8.24. The lowest BCUT2D eigenvalue weighted by molar-refractivity contribution is -0.143. The first-order valence-electron chi connectivity index (χ1n) is 5.77. The van der Waals surface area contributed by atoms with E-state index in [9.17, 15) is 9.59 Å². The molecule has 94 valence electrons. The number of nitrogens with one attached hydrogen (secondary N) is 1. The van der Waals surface area contributed by atoms with E-state index in [1.807, 2.05) is 6.92 Å². The van der Waals surface area contributed by atoms with Crippen LogP contribution in [0.4, 0.5) is 0 Å². The summed E-state index contributed by atoms with van der Waals surface area (Å²) in [6.07, 6.45) is 1.91. The highest BCUT2D eigenvalue weighted by molar-refractivity contribution is 5.96. The average Bonchev–Trinajstić information content (AvgIpc) is 2.38. The Kier molecular flexibility index (Phi) is 3.51. The van der Waals surface area contributed by atoms with Gasteiger partial charge in [-0.25, -0.2) is 0 Å². The van der Waals surface area contributed by atoms with E-state index in [-0.39, 0.29) is 17.6 Å². The summed E-state index contributed by atoms with van der Waals surface area (Å²) in [6, 6.07) is -0.414. The molecule has 2 rings (SSSR count). The summed E-state index contributed by atoms with van der Waals surface area (Å²) in [4.78, 5) is 25.3. The molecule has 0 radical (unpaired) electrons. The van der Waals surface area contributed by atoms with E-state index in [4.69, 9.17) is 9.47 Å². The number of amides is 2. The van der Waals surface area contributed by atoms with E-state index >= 15 is 0 Å². The molecule has 0 spiro atoms. The van der Waals surface area contributed by atoms with Gasteiger partial charge in [0.05, 0.1) is 0 Å². The van der Waals surface area contributed by atoms with E-state index < -0.39 is 6.04 Å². The van der Waals surface area contributed by atoms with Crippen LogP contribution < -0.4 is 5.32 Å². The first-order valence-corrected chi connectivity index (χ1v) is 5.77. The smallest absolute Gasteiger partial charge is 0.292 e. The fourth-order valence-corrected chi connectivity index (χ4v) is 1.99. The molecule has 2 aliphatic rings. The molecule has 6 heteroatoms. The maximum absolute atomic E-state index is 12.1. The molecule has 1 saturated heterocycles. The SMILES string of the molecule is CCC1C(=O)NCCN1C(=O)C1=COCCO1. The largest absolute Gasteiger partial charge is 0.494 e. The maximum Gasteiger partial charge on any atom is 0.292 e. The number of hydrogen-bond donors (Lipinski definition) is 1. The quantitative estimate of drug-likeness (QED) is 0.714. The molecule has 17 heavy (non-hydrogen) atoms. The summed E-state index contributed by atoms with van der Waals surface area (Å²) in [5.41, 5.74) is 0. The van der Waals surface area contributed by atoms with Crippen LogP contribution >= 0.6 is 0 Å². The van der Waals surface area contributed by atoms with E-state index in [0.29, 0.717) is 32.7 Å². The van der Waals surface area contributed by atoms with Gasteiger partial charge in [-0.3, -0.25) is 9.59 Å². The molecular formula is C11H16N2O4. The van der Waals surface area contributed by atoms with Crippen molar-refractivity contribution in [2.75, 3.05) is 26.3 Å². The molecule has 1 N–H and O–H groups in total. The van der Waals surface area contributed by atoms with Gasteiger partial charge in [-0.1, -0.05) is 6.92 Å². The third-order valence-electron chi connectivity index (χ3n) is 2.84. The number of ether oxygens (including phenoxy) is 2. The molecule has 0 saturated carbocycles. The van der Waals surface area contributed by atoms with Crippen LogP contribution in [0.1, 0.15) is 13.3 Å². The maximum atomic E-state index is 12.1. The molecule has 2 amide bonds. The minimum Gasteiger partial charge on any atom is -0.494 e. The fraction of sp³-hybridized carbons (Fsp3) is 0.636. The Labute approximate surface area is 99.5 Å². The van der Waals surface area contributed by atoms with Crippen molar-refractivity contribution in [3.63, 3.8) is 0 Å². The molecule has 0 aromatic carbocycles. The Bertz CT molecular complexity index is 353. The normalized spacial score (nSPS) is 24.3. The van der Waals surface area contributed by atoms with Gasteiger partial charge in [0.1, 0.15) is 25.5 Å². The predicted octanol–water partition coefficient (Wildman–Crippen LogP) is -0.388. The van der Waals surface area contributed by atoms with Crippen LogP contribution in [0.25, 0.3) is 0 Å². The first kappa shape index (κ1) is 11.8. The summed E-state index contributed by atoms with van der Waals surface area (Å²) in [5.74, 6) is -0.194. The molecule has 1 fully saturated rings. The highest BCUT2D eigenvalue weighted by Gasteiger charge is 2.34. The second-order valence-corrected chi connectivity index (χ2v) is 3.91. The van der Waals surface area contributed by atoms with Gasteiger partial charge in [0, 0.05) is 13.1 Å². The highest BCUT2D eigenvalue weighted by atomic mass is 16.6. The Hall–Kier alpha value is -1.72. The molecule has 0 aromatic rings. The molecule has 1 atom stereocenters. The van der Waals surface area contributed by atoms with Gasteiger partial charge in [-0.15, -0.1) is 0 Å². The van der Waals surface area contributed by atoms with Crippen molar-refractivity contribution < 1.29 is 19.1 Å². The van der Waals surface area contributed by atoms with Crippen LogP contribution in [0.15, 0.2) is 12.0 Å². The van der Waals surface area contributed by atoms with Crippen LogP contribution in [0.2, 0.25) is 0 Å². The Morgan fingerprint density at radius 1 is 1.59 bits per heavy atom. The summed E-state index contributed by atoms with van der Waals surface area (Å²) in [7, 11) is 0. The summed E-state index contributed by atoms with van der Waals surface area (Å²) >= 11 is 0. The van der Waals surface area contributed by atoms with Crippen LogP contribution in [0.5, 0.6) is 0 Å². The van der Waals surface area contributed by atoms with Gasteiger partial charge in [-0.05, 0) is 6.42 Å². The molecular weight excluding hydrogens is 224 g/mol. The van der Waals surface area contributed by atoms with E-state index in [2.05, 4.69) is 5.32 Å². The highest BCUT2D eigenvalue weighted by Crippen LogP contribution is 2.15. The number of carbonyl (C=O) groups is 2. The monoisotopic (exact) mass is 240 g/mol. The lowest BCUT2D eigenvalue weighted by Crippen LogP contribution is -2.57. The van der Waals surface area contributed by atoms with Crippen molar-refractivity contribution in [1.82, 2.24) is 10.2 Å². The van der Waals surface area contributed by atoms with Crippen molar-refractivity contribution in [2.24, 2.45) is 0 Å². The summed E-state index contributed by atoms with van der Waals surface area (Å²) in [5, 5.41) is 2.75. The second kappa shape index (κ2) is 5.07. The van der Waals surface area contributed by atoms with Gasteiger partial charge in [0.2, 0.25) is 11.7 Å². The second-order valence-electron chi connectivity index (χ2n) is 3.91. The van der Waals surface area contributed by atoms with Crippen molar-refractivity contribution in [3.8, 4) is 0 Å². The van der Waals surface area contributed by atoms with Gasteiger partial charge in [-0.2, -0.15) is 0 Å². The van der Waals surface area contributed by atoms with Crippen LogP contribution in [0, 0.1) is 0 Å². The molecule has 0 aromatic heterocycles. The third kappa shape index (κ3) is 2.35. The topological polar surface area (TPSA) is 67.9 Å². The summed E-state index contributed by atoms with van der Waals surface area (Å²) in [6.45, 7) is 3.68. The van der Waals surface area contributed by atoms with Crippen LogP contribution in [-0.4, -0.2) is 49.1 Å². The Balaban J connectivity index is 2.11. The predicted molar refractivity (Wildman–Crippen MR) is 58.8 cm³/mol. The molecule has 6 nitrogen and oxygen atoms in total. The molecule has 2 heterocycles. The van der Waals surface area contributed by atoms with Crippen molar-refractivity contribution in [3.05, 3.63) is 12.0 Å². The zero-order valence-electron chi connectivity index (χ0n) is 9.77. The zero-order valence-corrected chi connectivity index (χ0v) is 9.77. The number of hydrogen-bond acceptors (Lipinski definition) is 4. The minimum atomic E-state index is -0.414. The van der Waals surface area contributed by atoms with Gasteiger partial charge >= 0.3 is 0 Å². The molecule has 0 aliphatic carbocycles. The number of nitrogens with zero attached hydrogens (tertiary/aromatic N) is 1. The van der Waals surface area contributed by atoms with Crippen molar-refractivity contribution >= 4 is 11.8 Å². The lowest BCUT2D eigenvalue weighted by Gasteiger charge is -2.35. The van der Waals surface area contributed by atoms with Gasteiger partial charge < -0.3 is 19.7 Å². The molecule has 0 bridgehead atoms. The van der Waals surface area contributed by atoms with Crippen molar-refractivity contribution in [1.29, 1.82) is 0 Å². The van der Waals surface area contributed by atoms with E-state index in [1.54, 1.807) is 4.90 Å². The third-order valence-corrected chi connectivity index (χ3v) is 2.84. The number of rotatable bonds is 2. The van der Waals surface area contributed by atoms with E-state index in [1.165, 1.54) is 6.26 Å². The summed E-state index contributed by atoms with van der Waals surface area (Å²) < 4.78 is 10.3. The Morgan fingerprint density at radius 2 is 2.41 bits per heavy atom. The zero-order chi connectivity index (χ0) is 12.3. The Morgan fingerprint density at radius 3 is 3.06 bits per heavy atom. The molecule has 1 unspecified atom stereocenters. The minimum absolute atomic E-state index is 0.107. The van der Waals surface area contributed by atoms with Crippen LogP contribution in [-0.2, 0) is 19.1 Å². The van der Waals surface area contributed by atoms with Crippen molar-refractivity contribution in [2.45, 2.75) is 19.4 Å². The lowest BCUT2D eigenvalue weighted by atomic mass is 10.1. The van der Waals surface area contributed by atoms with E-state index in [0.717, 1.165) is 0 Å². The average molecular weight is 240 g/mol.